The van der Waals surface area contributed by atoms with Crippen molar-refractivity contribution in [2.45, 2.75) is 18.6 Å². The number of nitrogens with zero attached hydrogens (tertiary/aromatic N) is 3. The van der Waals surface area contributed by atoms with Crippen molar-refractivity contribution >= 4 is 45.9 Å². The quantitative estimate of drug-likeness (QED) is 0.644. The second kappa shape index (κ2) is 8.16. The Balaban J connectivity index is 1.43. The van der Waals surface area contributed by atoms with E-state index >= 15 is 0 Å². The summed E-state index contributed by atoms with van der Waals surface area (Å²) in [5.74, 6) is -0.142. The van der Waals surface area contributed by atoms with Crippen molar-refractivity contribution in [3.05, 3.63) is 69.0 Å². The Morgan fingerprint density at radius 2 is 1.90 bits per heavy atom. The minimum absolute atomic E-state index is 0.0766. The molecular weight excluding hydrogens is 432 g/mol. The minimum Gasteiger partial charge on any atom is -0.477 e. The van der Waals surface area contributed by atoms with Crippen molar-refractivity contribution in [3.8, 4) is 5.75 Å². The van der Waals surface area contributed by atoms with E-state index in [1.807, 2.05) is 58.1 Å². The maximum absolute atomic E-state index is 13.4. The Morgan fingerprint density at radius 3 is 2.65 bits per heavy atom. The molecule has 1 aromatic carbocycles. The van der Waals surface area contributed by atoms with Crippen molar-refractivity contribution in [1.82, 2.24) is 5.01 Å². The zero-order valence-electron chi connectivity index (χ0n) is 16.5. The van der Waals surface area contributed by atoms with E-state index in [0.717, 1.165) is 21.2 Å². The van der Waals surface area contributed by atoms with Gasteiger partial charge in [-0.25, -0.2) is 5.01 Å². The van der Waals surface area contributed by atoms with Gasteiger partial charge in [0.2, 0.25) is 0 Å². The molecule has 2 atom stereocenters. The SMILES string of the molecule is NC(=O)[C@H]1CN(CC(=O)N2N=C(c3cccs3)C[C@H]2c2cccs2)c2ccccc2O1. The standard InChI is InChI=1S/C22H20N4O3S2/c23-22(28)18-12-25(15-5-1-2-6-17(15)29-18)13-21(27)26-16(20-8-4-10-31-20)11-14(24-26)19-7-3-9-30-19/h1-10,16,18H,11-13H2,(H2,23,28)/t16-,18+/m0/s1. The Labute approximate surface area is 187 Å². The highest BCUT2D eigenvalue weighted by Crippen LogP contribution is 2.37. The number of rotatable bonds is 5. The van der Waals surface area contributed by atoms with E-state index in [4.69, 9.17) is 15.6 Å². The summed E-state index contributed by atoms with van der Waals surface area (Å²) in [5.41, 5.74) is 7.18. The van der Waals surface area contributed by atoms with Crippen LogP contribution in [0.5, 0.6) is 5.75 Å². The predicted molar refractivity (Wildman–Crippen MR) is 122 cm³/mol. The zero-order chi connectivity index (χ0) is 21.4. The summed E-state index contributed by atoms with van der Waals surface area (Å²) in [4.78, 5) is 29.3. The monoisotopic (exact) mass is 452 g/mol. The number of ether oxygens (including phenoxy) is 1. The molecule has 2 aromatic heterocycles. The molecule has 2 aliphatic heterocycles. The van der Waals surface area contributed by atoms with Crippen LogP contribution in [0.1, 0.15) is 22.2 Å². The molecule has 0 bridgehead atoms. The molecule has 158 valence electrons. The number of benzene rings is 1. The molecular formula is C22H20N4O3S2. The van der Waals surface area contributed by atoms with Gasteiger partial charge in [0.05, 0.1) is 35.4 Å². The van der Waals surface area contributed by atoms with Crippen LogP contribution in [0.3, 0.4) is 0 Å². The van der Waals surface area contributed by atoms with E-state index < -0.39 is 12.0 Å². The maximum atomic E-state index is 13.4. The first-order valence-corrected chi connectivity index (χ1v) is 11.6. The smallest absolute Gasteiger partial charge is 0.262 e. The molecule has 0 radical (unpaired) electrons. The third-order valence-electron chi connectivity index (χ3n) is 5.35. The molecule has 9 heteroatoms. The molecule has 2 amide bonds. The number of amides is 2. The van der Waals surface area contributed by atoms with Gasteiger partial charge in [0.15, 0.2) is 6.10 Å². The normalized spacial score (nSPS) is 20.2. The van der Waals surface area contributed by atoms with Gasteiger partial charge >= 0.3 is 0 Å². The molecule has 0 saturated carbocycles. The van der Waals surface area contributed by atoms with Crippen LogP contribution in [-0.2, 0) is 9.59 Å². The predicted octanol–water partition coefficient (Wildman–Crippen LogP) is 3.24. The average Bonchev–Trinajstić information content (AvgIpc) is 3.54. The van der Waals surface area contributed by atoms with E-state index in [2.05, 4.69) is 0 Å². The Hall–Kier alpha value is -3.17. The fourth-order valence-electron chi connectivity index (χ4n) is 3.87. The molecule has 2 aliphatic rings. The van der Waals surface area contributed by atoms with Crippen LogP contribution < -0.4 is 15.4 Å². The highest BCUT2D eigenvalue weighted by molar-refractivity contribution is 7.12. The lowest BCUT2D eigenvalue weighted by atomic mass is 10.1. The molecule has 31 heavy (non-hydrogen) atoms. The molecule has 0 aliphatic carbocycles. The second-order valence-corrected chi connectivity index (χ2v) is 9.28. The number of carbonyl (C=O) groups is 2. The fraction of sp³-hybridized carbons (Fsp3) is 0.227. The van der Waals surface area contributed by atoms with E-state index in [0.29, 0.717) is 12.2 Å². The van der Waals surface area contributed by atoms with Gasteiger partial charge in [-0.05, 0) is 35.0 Å². The third-order valence-corrected chi connectivity index (χ3v) is 7.24. The van der Waals surface area contributed by atoms with Crippen molar-refractivity contribution in [2.24, 2.45) is 10.8 Å². The topological polar surface area (TPSA) is 88.2 Å². The molecule has 0 spiro atoms. The summed E-state index contributed by atoms with van der Waals surface area (Å²) in [5, 5.41) is 10.3. The number of thiophene rings is 2. The Bertz CT molecular complexity index is 1130. The van der Waals surface area contributed by atoms with Gasteiger partial charge < -0.3 is 15.4 Å². The van der Waals surface area contributed by atoms with E-state index in [9.17, 15) is 9.59 Å². The second-order valence-electron chi connectivity index (χ2n) is 7.35. The summed E-state index contributed by atoms with van der Waals surface area (Å²) in [7, 11) is 0. The minimum atomic E-state index is -0.806. The molecule has 7 nitrogen and oxygen atoms in total. The Morgan fingerprint density at radius 1 is 1.10 bits per heavy atom. The first-order chi connectivity index (χ1) is 15.1. The van der Waals surface area contributed by atoms with E-state index in [-0.39, 0.29) is 25.0 Å². The van der Waals surface area contributed by atoms with Crippen LogP contribution in [-0.4, -0.2) is 41.7 Å². The van der Waals surface area contributed by atoms with Gasteiger partial charge in [-0.15, -0.1) is 22.7 Å². The number of hydrogen-bond donors (Lipinski definition) is 1. The molecule has 4 heterocycles. The van der Waals surface area contributed by atoms with Crippen molar-refractivity contribution in [2.75, 3.05) is 18.0 Å². The zero-order valence-corrected chi connectivity index (χ0v) is 18.1. The molecule has 3 aromatic rings. The van der Waals surface area contributed by atoms with E-state index in [1.54, 1.807) is 33.7 Å². The summed E-state index contributed by atoms with van der Waals surface area (Å²) in [6, 6.07) is 15.3. The van der Waals surface area contributed by atoms with Crippen molar-refractivity contribution in [3.63, 3.8) is 0 Å². The van der Waals surface area contributed by atoms with Gasteiger partial charge in [-0.2, -0.15) is 5.10 Å². The number of primary amides is 1. The first-order valence-electron chi connectivity index (χ1n) is 9.87. The van der Waals surface area contributed by atoms with Gasteiger partial charge in [-0.1, -0.05) is 24.3 Å². The number of hydrazone groups is 1. The van der Waals surface area contributed by atoms with Crippen LogP contribution in [0.4, 0.5) is 5.69 Å². The summed E-state index contributed by atoms with van der Waals surface area (Å²) >= 11 is 3.24. The third kappa shape index (κ3) is 3.82. The van der Waals surface area contributed by atoms with Crippen LogP contribution >= 0.6 is 22.7 Å². The summed E-state index contributed by atoms with van der Waals surface area (Å²) in [6.45, 7) is 0.296. The van der Waals surface area contributed by atoms with E-state index in [1.165, 1.54) is 0 Å². The molecule has 0 saturated heterocycles. The molecule has 2 N–H and O–H groups in total. The molecule has 0 fully saturated rings. The van der Waals surface area contributed by atoms with Gasteiger partial charge in [0.25, 0.3) is 11.8 Å². The van der Waals surface area contributed by atoms with Gasteiger partial charge in [0, 0.05) is 11.3 Å². The van der Waals surface area contributed by atoms with Crippen LogP contribution in [0.25, 0.3) is 0 Å². The largest absolute Gasteiger partial charge is 0.477 e. The first kappa shape index (κ1) is 19.8. The maximum Gasteiger partial charge on any atom is 0.262 e. The number of para-hydroxylation sites is 2. The number of anilines is 1. The van der Waals surface area contributed by atoms with Crippen molar-refractivity contribution in [1.29, 1.82) is 0 Å². The lowest BCUT2D eigenvalue weighted by molar-refractivity contribution is -0.132. The van der Waals surface area contributed by atoms with Crippen LogP contribution in [0.15, 0.2) is 64.4 Å². The van der Waals surface area contributed by atoms with Gasteiger partial charge in [0.1, 0.15) is 5.75 Å². The number of hydrogen-bond acceptors (Lipinski definition) is 7. The van der Waals surface area contributed by atoms with Crippen LogP contribution in [0, 0.1) is 0 Å². The molecule has 5 rings (SSSR count). The van der Waals surface area contributed by atoms with Crippen molar-refractivity contribution < 1.29 is 14.3 Å². The number of carbonyl (C=O) groups excluding carboxylic acids is 2. The highest BCUT2D eigenvalue weighted by Gasteiger charge is 2.36. The summed E-state index contributed by atoms with van der Waals surface area (Å²) in [6.07, 6.45) is -0.129. The van der Waals surface area contributed by atoms with Crippen LogP contribution in [0.2, 0.25) is 0 Å². The number of fused-ring (bicyclic) bond motifs is 1. The number of nitrogens with two attached hydrogens (primary N) is 1. The fourth-order valence-corrected chi connectivity index (χ4v) is 5.41. The lowest BCUT2D eigenvalue weighted by Gasteiger charge is -2.35. The molecule has 0 unspecified atom stereocenters. The lowest BCUT2D eigenvalue weighted by Crippen LogP contribution is -2.50. The van der Waals surface area contributed by atoms with Gasteiger partial charge in [-0.3, -0.25) is 9.59 Å². The summed E-state index contributed by atoms with van der Waals surface area (Å²) < 4.78 is 5.71. The highest BCUT2D eigenvalue weighted by atomic mass is 32.1. The average molecular weight is 453 g/mol. The Kier molecular flexibility index (Phi) is 5.21.